The molecular weight excluding hydrogens is 342 g/mol. The molecule has 0 aromatic carbocycles. The minimum absolute atomic E-state index is 0.0367. The SMILES string of the molecule is CC(C)N1CC[C@@H]2[C@H]1C(=O)NC[C@H](CCC(=O)NCc1cccnc1)N2C. The second-order valence-corrected chi connectivity index (χ2v) is 7.87. The van der Waals surface area contributed by atoms with E-state index in [1.54, 1.807) is 12.4 Å². The van der Waals surface area contributed by atoms with Crippen molar-refractivity contribution in [1.29, 1.82) is 0 Å². The summed E-state index contributed by atoms with van der Waals surface area (Å²) in [5.74, 6) is 0.163. The fourth-order valence-corrected chi connectivity index (χ4v) is 4.26. The number of likely N-dealkylation sites (tertiary alicyclic amines) is 1. The monoisotopic (exact) mass is 373 g/mol. The number of carbonyl (C=O) groups is 2. The second-order valence-electron chi connectivity index (χ2n) is 7.87. The molecule has 7 heteroatoms. The number of nitrogens with zero attached hydrogens (tertiary/aromatic N) is 3. The zero-order valence-corrected chi connectivity index (χ0v) is 16.5. The molecule has 0 saturated carbocycles. The number of pyridine rings is 1. The van der Waals surface area contributed by atoms with E-state index in [0.29, 0.717) is 25.6 Å². The first kappa shape index (κ1) is 19.8. The number of hydrogen-bond acceptors (Lipinski definition) is 5. The standard InChI is InChI=1S/C20H31N5O2/c1-14(2)25-10-8-17-19(25)20(27)23-13-16(24(17)3)6-7-18(26)22-12-15-5-4-9-21-11-15/h4-5,9,11,14,16-17,19H,6-8,10,12-13H2,1-3H3,(H,22,26)(H,23,27)/t16-,17+,19-/m0/s1. The summed E-state index contributed by atoms with van der Waals surface area (Å²) in [5.41, 5.74) is 0.993. The topological polar surface area (TPSA) is 77.6 Å². The van der Waals surface area contributed by atoms with E-state index < -0.39 is 0 Å². The second kappa shape index (κ2) is 8.80. The highest BCUT2D eigenvalue weighted by molar-refractivity contribution is 5.83. The number of rotatable bonds is 6. The first-order chi connectivity index (χ1) is 13.0. The number of carbonyl (C=O) groups excluding carboxylic acids is 2. The summed E-state index contributed by atoms with van der Waals surface area (Å²) in [6.07, 6.45) is 5.67. The third-order valence-corrected chi connectivity index (χ3v) is 5.86. The van der Waals surface area contributed by atoms with Crippen LogP contribution in [0.25, 0.3) is 0 Å². The summed E-state index contributed by atoms with van der Waals surface area (Å²) in [6.45, 7) is 6.33. The van der Waals surface area contributed by atoms with Crippen LogP contribution in [0.2, 0.25) is 0 Å². The van der Waals surface area contributed by atoms with E-state index in [1.165, 1.54) is 0 Å². The van der Waals surface area contributed by atoms with Crippen molar-refractivity contribution in [1.82, 2.24) is 25.4 Å². The molecule has 3 rings (SSSR count). The van der Waals surface area contributed by atoms with Crippen molar-refractivity contribution in [3.05, 3.63) is 30.1 Å². The normalized spacial score (nSPS) is 26.5. The third-order valence-electron chi connectivity index (χ3n) is 5.86. The predicted octanol–water partition coefficient (Wildman–Crippen LogP) is 0.760. The van der Waals surface area contributed by atoms with Gasteiger partial charge in [-0.15, -0.1) is 0 Å². The first-order valence-electron chi connectivity index (χ1n) is 9.88. The molecule has 27 heavy (non-hydrogen) atoms. The van der Waals surface area contributed by atoms with Crippen molar-refractivity contribution < 1.29 is 9.59 Å². The highest BCUT2D eigenvalue weighted by atomic mass is 16.2. The molecule has 0 unspecified atom stereocenters. The number of aromatic nitrogens is 1. The van der Waals surface area contributed by atoms with Crippen LogP contribution in [0.5, 0.6) is 0 Å². The van der Waals surface area contributed by atoms with Gasteiger partial charge in [-0.05, 0) is 45.4 Å². The summed E-state index contributed by atoms with van der Waals surface area (Å²) >= 11 is 0. The lowest BCUT2D eigenvalue weighted by Crippen LogP contribution is -2.51. The molecule has 0 bridgehead atoms. The van der Waals surface area contributed by atoms with E-state index in [-0.39, 0.29) is 29.9 Å². The van der Waals surface area contributed by atoms with Crippen LogP contribution in [0.4, 0.5) is 0 Å². The van der Waals surface area contributed by atoms with E-state index >= 15 is 0 Å². The molecule has 2 fully saturated rings. The van der Waals surface area contributed by atoms with Crippen LogP contribution in [0.3, 0.4) is 0 Å². The van der Waals surface area contributed by atoms with E-state index in [2.05, 4.69) is 46.3 Å². The van der Waals surface area contributed by atoms with Crippen molar-refractivity contribution in [2.75, 3.05) is 20.1 Å². The number of hydrogen-bond donors (Lipinski definition) is 2. The summed E-state index contributed by atoms with van der Waals surface area (Å²) in [7, 11) is 2.10. The van der Waals surface area contributed by atoms with Gasteiger partial charge in [0.15, 0.2) is 0 Å². The molecule has 148 valence electrons. The highest BCUT2D eigenvalue weighted by Crippen LogP contribution is 2.28. The van der Waals surface area contributed by atoms with Gasteiger partial charge >= 0.3 is 0 Å². The summed E-state index contributed by atoms with van der Waals surface area (Å²) in [5, 5.41) is 6.05. The van der Waals surface area contributed by atoms with Gasteiger partial charge in [0.1, 0.15) is 6.04 Å². The molecule has 3 heterocycles. The Hall–Kier alpha value is -1.99. The zero-order valence-electron chi connectivity index (χ0n) is 16.5. The smallest absolute Gasteiger partial charge is 0.239 e. The Balaban J connectivity index is 1.53. The molecule has 2 aliphatic rings. The Labute approximate surface area is 161 Å². The maximum absolute atomic E-state index is 12.6. The highest BCUT2D eigenvalue weighted by Gasteiger charge is 2.45. The summed E-state index contributed by atoms with van der Waals surface area (Å²) in [6, 6.07) is 4.48. The lowest BCUT2D eigenvalue weighted by Gasteiger charge is -2.34. The first-order valence-corrected chi connectivity index (χ1v) is 9.88. The third kappa shape index (κ3) is 4.65. The predicted molar refractivity (Wildman–Crippen MR) is 104 cm³/mol. The molecule has 2 N–H and O–H groups in total. The Morgan fingerprint density at radius 3 is 2.96 bits per heavy atom. The Kier molecular flexibility index (Phi) is 6.44. The molecule has 0 radical (unpaired) electrons. The average Bonchev–Trinajstić information content (AvgIpc) is 3.07. The van der Waals surface area contributed by atoms with Gasteiger partial charge in [0.2, 0.25) is 11.8 Å². The minimum atomic E-state index is -0.0839. The number of nitrogens with one attached hydrogen (secondary N) is 2. The van der Waals surface area contributed by atoms with Crippen molar-refractivity contribution in [2.24, 2.45) is 0 Å². The van der Waals surface area contributed by atoms with Crippen LogP contribution < -0.4 is 10.6 Å². The molecular formula is C20H31N5O2. The average molecular weight is 374 g/mol. The van der Waals surface area contributed by atoms with Gasteiger partial charge in [-0.3, -0.25) is 24.4 Å². The van der Waals surface area contributed by atoms with Crippen LogP contribution in [-0.4, -0.2) is 70.9 Å². The van der Waals surface area contributed by atoms with Crippen LogP contribution >= 0.6 is 0 Å². The van der Waals surface area contributed by atoms with Gasteiger partial charge in [0, 0.05) is 56.6 Å². The fraction of sp³-hybridized carbons (Fsp3) is 0.650. The molecule has 1 aromatic rings. The maximum Gasteiger partial charge on any atom is 0.239 e. The zero-order chi connectivity index (χ0) is 19.4. The van der Waals surface area contributed by atoms with Gasteiger partial charge in [-0.2, -0.15) is 0 Å². The van der Waals surface area contributed by atoms with Gasteiger partial charge < -0.3 is 10.6 Å². The van der Waals surface area contributed by atoms with Crippen LogP contribution in [-0.2, 0) is 16.1 Å². The Bertz CT molecular complexity index is 651. The molecule has 7 nitrogen and oxygen atoms in total. The van der Waals surface area contributed by atoms with Gasteiger partial charge in [-0.1, -0.05) is 6.07 Å². The van der Waals surface area contributed by atoms with Crippen molar-refractivity contribution in [2.45, 2.75) is 63.8 Å². The molecule has 2 amide bonds. The quantitative estimate of drug-likeness (QED) is 0.770. The summed E-state index contributed by atoms with van der Waals surface area (Å²) < 4.78 is 0. The molecule has 3 atom stereocenters. The van der Waals surface area contributed by atoms with Gasteiger partial charge in [0.05, 0.1) is 0 Å². The molecule has 0 aliphatic carbocycles. The lowest BCUT2D eigenvalue weighted by atomic mass is 10.0. The molecule has 2 aliphatic heterocycles. The number of fused-ring (bicyclic) bond motifs is 1. The molecule has 1 aromatic heterocycles. The summed E-state index contributed by atoms with van der Waals surface area (Å²) in [4.78, 5) is 33.5. The van der Waals surface area contributed by atoms with Crippen LogP contribution in [0.1, 0.15) is 38.7 Å². The number of likely N-dealkylation sites (N-methyl/N-ethyl adjacent to an activating group) is 1. The van der Waals surface area contributed by atoms with E-state index in [9.17, 15) is 9.59 Å². The van der Waals surface area contributed by atoms with Crippen molar-refractivity contribution in [3.8, 4) is 0 Å². The van der Waals surface area contributed by atoms with Gasteiger partial charge in [0.25, 0.3) is 0 Å². The molecule has 2 saturated heterocycles. The Morgan fingerprint density at radius 1 is 1.44 bits per heavy atom. The van der Waals surface area contributed by atoms with Crippen molar-refractivity contribution >= 4 is 11.8 Å². The van der Waals surface area contributed by atoms with Crippen molar-refractivity contribution in [3.63, 3.8) is 0 Å². The van der Waals surface area contributed by atoms with Crippen LogP contribution in [0, 0.1) is 0 Å². The Morgan fingerprint density at radius 2 is 2.26 bits per heavy atom. The van der Waals surface area contributed by atoms with Crippen LogP contribution in [0.15, 0.2) is 24.5 Å². The molecule has 0 spiro atoms. The van der Waals surface area contributed by atoms with Gasteiger partial charge in [-0.25, -0.2) is 0 Å². The van der Waals surface area contributed by atoms with E-state index in [0.717, 1.165) is 24.9 Å². The number of amides is 2. The maximum atomic E-state index is 12.6. The largest absolute Gasteiger partial charge is 0.353 e. The van der Waals surface area contributed by atoms with E-state index in [4.69, 9.17) is 0 Å². The fourth-order valence-electron chi connectivity index (χ4n) is 4.26. The lowest BCUT2D eigenvalue weighted by molar-refractivity contribution is -0.126. The van der Waals surface area contributed by atoms with E-state index in [1.807, 2.05) is 12.1 Å². The minimum Gasteiger partial charge on any atom is -0.353 e.